The Kier molecular flexibility index (Phi) is 3.77. The van der Waals surface area contributed by atoms with Gasteiger partial charge in [0.1, 0.15) is 13.2 Å². The number of anilines is 1. The molecule has 0 saturated heterocycles. The Hall–Kier alpha value is -1.43. The fraction of sp³-hybridized carbons (Fsp3) is 0.200. The third-order valence-corrected chi connectivity index (χ3v) is 3.60. The van der Waals surface area contributed by atoms with Crippen LogP contribution in [0.3, 0.4) is 0 Å². The Morgan fingerprint density at radius 2 is 1.84 bits per heavy atom. The van der Waals surface area contributed by atoms with Gasteiger partial charge >= 0.3 is 0 Å². The normalized spacial score (nSPS) is 13.1. The summed E-state index contributed by atoms with van der Waals surface area (Å²) in [7, 11) is 0. The van der Waals surface area contributed by atoms with Gasteiger partial charge in [-0.15, -0.1) is 0 Å². The van der Waals surface area contributed by atoms with E-state index in [1.807, 2.05) is 18.2 Å². The second-order valence-electron chi connectivity index (χ2n) is 4.34. The molecule has 3 rings (SSSR count). The zero-order valence-corrected chi connectivity index (χ0v) is 12.5. The van der Waals surface area contributed by atoms with Gasteiger partial charge in [0.15, 0.2) is 11.5 Å². The predicted octanol–water partition coefficient (Wildman–Crippen LogP) is 3.67. The van der Waals surface area contributed by atoms with E-state index in [0.717, 1.165) is 23.7 Å². The number of halogens is 1. The fourth-order valence-corrected chi connectivity index (χ4v) is 2.54. The van der Waals surface area contributed by atoms with Crippen molar-refractivity contribution in [1.82, 2.24) is 0 Å². The summed E-state index contributed by atoms with van der Waals surface area (Å²) >= 11 is 2.31. The van der Waals surface area contributed by atoms with Crippen LogP contribution in [0.15, 0.2) is 42.5 Å². The van der Waals surface area contributed by atoms with E-state index in [1.54, 1.807) is 0 Å². The standard InChI is InChI=1S/C15H14INO2/c16-12-2-1-3-13(9-12)17-10-11-4-5-14-15(8-11)19-7-6-18-14/h1-5,8-9,17H,6-7,10H2. The van der Waals surface area contributed by atoms with Crippen LogP contribution < -0.4 is 14.8 Å². The van der Waals surface area contributed by atoms with Crippen molar-refractivity contribution in [3.05, 3.63) is 51.6 Å². The minimum Gasteiger partial charge on any atom is -0.486 e. The predicted molar refractivity (Wildman–Crippen MR) is 83.9 cm³/mol. The molecule has 0 saturated carbocycles. The molecule has 0 spiro atoms. The van der Waals surface area contributed by atoms with Crippen LogP contribution in [0, 0.1) is 3.57 Å². The van der Waals surface area contributed by atoms with Crippen LogP contribution in [0.25, 0.3) is 0 Å². The molecular formula is C15H14INO2. The van der Waals surface area contributed by atoms with Crippen LogP contribution in [0.2, 0.25) is 0 Å². The zero-order valence-electron chi connectivity index (χ0n) is 10.4. The van der Waals surface area contributed by atoms with E-state index in [2.05, 4.69) is 52.2 Å². The van der Waals surface area contributed by atoms with Crippen molar-refractivity contribution in [2.24, 2.45) is 0 Å². The summed E-state index contributed by atoms with van der Waals surface area (Å²) < 4.78 is 12.3. The van der Waals surface area contributed by atoms with Crippen molar-refractivity contribution in [3.8, 4) is 11.5 Å². The first kappa shape index (κ1) is 12.6. The second kappa shape index (κ2) is 5.69. The molecule has 0 radical (unpaired) electrons. The van der Waals surface area contributed by atoms with Gasteiger partial charge in [-0.3, -0.25) is 0 Å². The topological polar surface area (TPSA) is 30.5 Å². The molecule has 2 aromatic rings. The minimum absolute atomic E-state index is 0.626. The Balaban J connectivity index is 1.70. The lowest BCUT2D eigenvalue weighted by Gasteiger charge is -2.19. The number of hydrogen-bond acceptors (Lipinski definition) is 3. The van der Waals surface area contributed by atoms with Crippen molar-refractivity contribution in [3.63, 3.8) is 0 Å². The Morgan fingerprint density at radius 3 is 2.68 bits per heavy atom. The first-order valence-electron chi connectivity index (χ1n) is 6.19. The molecule has 1 aliphatic rings. The van der Waals surface area contributed by atoms with Gasteiger partial charge in [0, 0.05) is 15.8 Å². The van der Waals surface area contributed by atoms with E-state index < -0.39 is 0 Å². The van der Waals surface area contributed by atoms with Crippen molar-refractivity contribution >= 4 is 28.3 Å². The van der Waals surface area contributed by atoms with E-state index in [4.69, 9.17) is 9.47 Å². The summed E-state index contributed by atoms with van der Waals surface area (Å²) in [4.78, 5) is 0. The molecule has 1 heterocycles. The van der Waals surface area contributed by atoms with Crippen LogP contribution in [0.1, 0.15) is 5.56 Å². The quantitative estimate of drug-likeness (QED) is 0.840. The largest absolute Gasteiger partial charge is 0.486 e. The van der Waals surface area contributed by atoms with Crippen LogP contribution in [0.4, 0.5) is 5.69 Å². The highest BCUT2D eigenvalue weighted by molar-refractivity contribution is 14.1. The molecule has 0 aliphatic carbocycles. The molecule has 19 heavy (non-hydrogen) atoms. The highest BCUT2D eigenvalue weighted by atomic mass is 127. The molecule has 0 amide bonds. The van der Waals surface area contributed by atoms with Crippen molar-refractivity contribution in [1.29, 1.82) is 0 Å². The fourth-order valence-electron chi connectivity index (χ4n) is 2.00. The maximum absolute atomic E-state index is 5.58. The second-order valence-corrected chi connectivity index (χ2v) is 5.59. The Labute approximate surface area is 126 Å². The minimum atomic E-state index is 0.626. The summed E-state index contributed by atoms with van der Waals surface area (Å²) in [5.41, 5.74) is 2.31. The summed E-state index contributed by atoms with van der Waals surface area (Å²) in [6, 6.07) is 14.4. The first-order valence-corrected chi connectivity index (χ1v) is 7.27. The van der Waals surface area contributed by atoms with Gasteiger partial charge < -0.3 is 14.8 Å². The van der Waals surface area contributed by atoms with Gasteiger partial charge in [0.2, 0.25) is 0 Å². The first-order chi connectivity index (χ1) is 9.31. The number of benzene rings is 2. The van der Waals surface area contributed by atoms with E-state index >= 15 is 0 Å². The van der Waals surface area contributed by atoms with Crippen LogP contribution >= 0.6 is 22.6 Å². The van der Waals surface area contributed by atoms with E-state index in [0.29, 0.717) is 13.2 Å². The molecule has 4 heteroatoms. The van der Waals surface area contributed by atoms with Crippen LogP contribution in [-0.2, 0) is 6.54 Å². The van der Waals surface area contributed by atoms with Crippen LogP contribution in [0.5, 0.6) is 11.5 Å². The summed E-state index contributed by atoms with van der Waals surface area (Å²) in [5.74, 6) is 1.68. The summed E-state index contributed by atoms with van der Waals surface area (Å²) in [5, 5.41) is 3.41. The molecule has 3 nitrogen and oxygen atoms in total. The van der Waals surface area contributed by atoms with E-state index in [-0.39, 0.29) is 0 Å². The average molecular weight is 367 g/mol. The number of hydrogen-bond donors (Lipinski definition) is 1. The molecule has 0 unspecified atom stereocenters. The van der Waals surface area contributed by atoms with Crippen LogP contribution in [-0.4, -0.2) is 13.2 Å². The third-order valence-electron chi connectivity index (χ3n) is 2.93. The van der Waals surface area contributed by atoms with Crippen molar-refractivity contribution < 1.29 is 9.47 Å². The lowest BCUT2D eigenvalue weighted by molar-refractivity contribution is 0.171. The van der Waals surface area contributed by atoms with Gasteiger partial charge in [0.05, 0.1) is 0 Å². The average Bonchev–Trinajstić information content (AvgIpc) is 2.45. The smallest absolute Gasteiger partial charge is 0.161 e. The molecule has 1 aliphatic heterocycles. The highest BCUT2D eigenvalue weighted by Crippen LogP contribution is 2.30. The SMILES string of the molecule is Ic1cccc(NCc2ccc3c(c2)OCCO3)c1. The third kappa shape index (κ3) is 3.12. The molecular weight excluding hydrogens is 353 g/mol. The molecule has 0 aromatic heterocycles. The molecule has 1 N–H and O–H groups in total. The number of fused-ring (bicyclic) bond motifs is 1. The van der Waals surface area contributed by atoms with Gasteiger partial charge in [-0.2, -0.15) is 0 Å². The van der Waals surface area contributed by atoms with E-state index in [9.17, 15) is 0 Å². The Bertz CT molecular complexity index is 586. The highest BCUT2D eigenvalue weighted by Gasteiger charge is 2.11. The zero-order chi connectivity index (χ0) is 13.1. The summed E-state index contributed by atoms with van der Waals surface area (Å²) in [6.45, 7) is 2.03. The lowest BCUT2D eigenvalue weighted by Crippen LogP contribution is -2.15. The number of ether oxygens (including phenoxy) is 2. The van der Waals surface area contributed by atoms with Crippen molar-refractivity contribution in [2.45, 2.75) is 6.54 Å². The van der Waals surface area contributed by atoms with Gasteiger partial charge in [-0.05, 0) is 58.5 Å². The molecule has 0 atom stereocenters. The van der Waals surface area contributed by atoms with Gasteiger partial charge in [-0.25, -0.2) is 0 Å². The molecule has 2 aromatic carbocycles. The maximum atomic E-state index is 5.58. The summed E-state index contributed by atoms with van der Waals surface area (Å²) in [6.07, 6.45) is 0. The monoisotopic (exact) mass is 367 g/mol. The van der Waals surface area contributed by atoms with Gasteiger partial charge in [0.25, 0.3) is 0 Å². The maximum Gasteiger partial charge on any atom is 0.161 e. The lowest BCUT2D eigenvalue weighted by atomic mass is 10.2. The molecule has 0 bridgehead atoms. The molecule has 0 fully saturated rings. The van der Waals surface area contributed by atoms with Gasteiger partial charge in [-0.1, -0.05) is 12.1 Å². The van der Waals surface area contributed by atoms with E-state index in [1.165, 1.54) is 9.13 Å². The Morgan fingerprint density at radius 1 is 1.00 bits per heavy atom. The van der Waals surface area contributed by atoms with Crippen molar-refractivity contribution in [2.75, 3.05) is 18.5 Å². The molecule has 98 valence electrons. The number of nitrogens with one attached hydrogen (secondary N) is 1. The number of rotatable bonds is 3.